The summed E-state index contributed by atoms with van der Waals surface area (Å²) in [6, 6.07) is 8.12. The number of aromatic amines is 2. The first-order chi connectivity index (χ1) is 8.86. The van der Waals surface area contributed by atoms with E-state index in [0.29, 0.717) is 12.8 Å². The first kappa shape index (κ1) is 10.5. The van der Waals surface area contributed by atoms with Gasteiger partial charge < -0.3 is 9.97 Å². The van der Waals surface area contributed by atoms with Gasteiger partial charge in [-0.1, -0.05) is 6.07 Å². The molecule has 0 radical (unpaired) electrons. The van der Waals surface area contributed by atoms with Gasteiger partial charge in [0.05, 0.1) is 35.3 Å². The van der Waals surface area contributed by atoms with E-state index in [1.54, 1.807) is 12.5 Å². The number of rotatable bonds is 3. The largest absolute Gasteiger partial charge is 0.345 e. The van der Waals surface area contributed by atoms with Gasteiger partial charge in [0.15, 0.2) is 0 Å². The minimum atomic E-state index is 0.479. The summed E-state index contributed by atoms with van der Waals surface area (Å²) in [6.45, 7) is 0. The predicted octanol–water partition coefficient (Wildman–Crippen LogP) is 2.41. The molecule has 0 saturated carbocycles. The molecule has 0 amide bonds. The van der Waals surface area contributed by atoms with Crippen LogP contribution in [0.15, 0.2) is 30.7 Å². The summed E-state index contributed by atoms with van der Waals surface area (Å²) in [5.41, 5.74) is 3.96. The van der Waals surface area contributed by atoms with Crippen LogP contribution in [-0.4, -0.2) is 19.9 Å². The molecule has 0 unspecified atom stereocenters. The Bertz CT molecular complexity index is 716. The first-order valence-electron chi connectivity index (χ1n) is 5.71. The minimum absolute atomic E-state index is 0.479. The molecule has 0 bridgehead atoms. The molecule has 0 fully saturated rings. The standard InChI is InChI=1S/C13H11N5/c14-5-1-2-13-15-7-12(18-13)9-3-4-10-11(6-9)17-8-16-10/h3-4,6-8H,1-2H2,(H,15,18)(H,16,17). The average molecular weight is 237 g/mol. The van der Waals surface area contributed by atoms with Crippen LogP contribution in [0.4, 0.5) is 0 Å². The van der Waals surface area contributed by atoms with Crippen molar-refractivity contribution >= 4 is 11.0 Å². The fraction of sp³-hybridized carbons (Fsp3) is 0.154. The molecule has 0 spiro atoms. The van der Waals surface area contributed by atoms with Gasteiger partial charge in [0.1, 0.15) is 5.82 Å². The third kappa shape index (κ3) is 1.84. The number of imidazole rings is 2. The lowest BCUT2D eigenvalue weighted by atomic mass is 10.1. The van der Waals surface area contributed by atoms with E-state index in [9.17, 15) is 0 Å². The third-order valence-corrected chi connectivity index (χ3v) is 2.83. The molecule has 3 rings (SSSR count). The number of aryl methyl sites for hydroxylation is 1. The number of H-pyrrole nitrogens is 2. The van der Waals surface area contributed by atoms with Crippen LogP contribution in [0.5, 0.6) is 0 Å². The van der Waals surface area contributed by atoms with E-state index in [0.717, 1.165) is 28.1 Å². The zero-order valence-corrected chi connectivity index (χ0v) is 9.64. The lowest BCUT2D eigenvalue weighted by molar-refractivity contribution is 0.918. The second kappa shape index (κ2) is 4.34. The highest BCUT2D eigenvalue weighted by Crippen LogP contribution is 2.21. The molecule has 88 valence electrons. The van der Waals surface area contributed by atoms with E-state index in [2.05, 4.69) is 26.0 Å². The van der Waals surface area contributed by atoms with Gasteiger partial charge in [0.25, 0.3) is 0 Å². The van der Waals surface area contributed by atoms with Gasteiger partial charge in [-0.2, -0.15) is 5.26 Å². The van der Waals surface area contributed by atoms with E-state index >= 15 is 0 Å². The lowest BCUT2D eigenvalue weighted by Gasteiger charge is -1.97. The molecule has 2 heterocycles. The summed E-state index contributed by atoms with van der Waals surface area (Å²) >= 11 is 0. The van der Waals surface area contributed by atoms with E-state index < -0.39 is 0 Å². The summed E-state index contributed by atoms with van der Waals surface area (Å²) in [4.78, 5) is 14.8. The van der Waals surface area contributed by atoms with Crippen LogP contribution in [0.25, 0.3) is 22.3 Å². The number of aromatic nitrogens is 4. The smallest absolute Gasteiger partial charge is 0.107 e. The van der Waals surface area contributed by atoms with E-state index in [-0.39, 0.29) is 0 Å². The van der Waals surface area contributed by atoms with Gasteiger partial charge in [0, 0.05) is 18.4 Å². The quantitative estimate of drug-likeness (QED) is 0.733. The summed E-state index contributed by atoms with van der Waals surface area (Å²) < 4.78 is 0. The van der Waals surface area contributed by atoms with Crippen molar-refractivity contribution in [1.29, 1.82) is 5.26 Å². The number of hydrogen-bond donors (Lipinski definition) is 2. The first-order valence-corrected chi connectivity index (χ1v) is 5.71. The monoisotopic (exact) mass is 237 g/mol. The van der Waals surface area contributed by atoms with E-state index in [1.807, 2.05) is 18.2 Å². The van der Waals surface area contributed by atoms with Crippen LogP contribution >= 0.6 is 0 Å². The van der Waals surface area contributed by atoms with Crippen molar-refractivity contribution in [3.63, 3.8) is 0 Å². The van der Waals surface area contributed by atoms with Crippen molar-refractivity contribution < 1.29 is 0 Å². The number of benzene rings is 1. The van der Waals surface area contributed by atoms with Crippen LogP contribution < -0.4 is 0 Å². The van der Waals surface area contributed by atoms with Gasteiger partial charge >= 0.3 is 0 Å². The minimum Gasteiger partial charge on any atom is -0.345 e. The maximum Gasteiger partial charge on any atom is 0.107 e. The fourth-order valence-electron chi connectivity index (χ4n) is 1.91. The molecule has 5 nitrogen and oxygen atoms in total. The van der Waals surface area contributed by atoms with Crippen molar-refractivity contribution in [2.24, 2.45) is 0 Å². The predicted molar refractivity (Wildman–Crippen MR) is 67.6 cm³/mol. The molecule has 0 aliphatic carbocycles. The van der Waals surface area contributed by atoms with Crippen molar-refractivity contribution in [3.8, 4) is 17.3 Å². The molecule has 3 aromatic rings. The fourth-order valence-corrected chi connectivity index (χ4v) is 1.91. The van der Waals surface area contributed by atoms with Crippen molar-refractivity contribution in [2.45, 2.75) is 12.8 Å². The summed E-state index contributed by atoms with van der Waals surface area (Å²) in [6.07, 6.45) is 4.61. The van der Waals surface area contributed by atoms with Crippen molar-refractivity contribution in [1.82, 2.24) is 19.9 Å². The van der Waals surface area contributed by atoms with Gasteiger partial charge in [0.2, 0.25) is 0 Å². The number of hydrogen-bond acceptors (Lipinski definition) is 3. The molecule has 2 N–H and O–H groups in total. The molecular weight excluding hydrogens is 226 g/mol. The van der Waals surface area contributed by atoms with Crippen LogP contribution in [0, 0.1) is 11.3 Å². The van der Waals surface area contributed by atoms with Gasteiger partial charge in [-0.15, -0.1) is 0 Å². The maximum atomic E-state index is 8.54. The second-order valence-corrected chi connectivity index (χ2v) is 4.04. The normalized spacial score (nSPS) is 10.6. The van der Waals surface area contributed by atoms with Gasteiger partial charge in [-0.05, 0) is 12.1 Å². The Morgan fingerprint density at radius 3 is 3.11 bits per heavy atom. The molecule has 0 aliphatic heterocycles. The Morgan fingerprint density at radius 2 is 2.22 bits per heavy atom. The number of fused-ring (bicyclic) bond motifs is 1. The van der Waals surface area contributed by atoms with Crippen LogP contribution in [0.2, 0.25) is 0 Å². The summed E-state index contributed by atoms with van der Waals surface area (Å²) in [5.74, 6) is 0.844. The van der Waals surface area contributed by atoms with Gasteiger partial charge in [-0.25, -0.2) is 9.97 Å². The Labute approximate surface area is 104 Å². The number of nitrogens with one attached hydrogen (secondary N) is 2. The maximum absolute atomic E-state index is 8.54. The average Bonchev–Trinajstić information content (AvgIpc) is 3.04. The Kier molecular flexibility index (Phi) is 2.54. The SMILES string of the molecule is N#CCCc1ncc(-c2ccc3nc[nH]c3c2)[nH]1. The zero-order valence-electron chi connectivity index (χ0n) is 9.64. The molecule has 18 heavy (non-hydrogen) atoms. The molecular formula is C13H11N5. The Morgan fingerprint density at radius 1 is 1.28 bits per heavy atom. The number of nitriles is 1. The molecule has 1 aromatic carbocycles. The Hall–Kier alpha value is -2.61. The molecule has 0 atom stereocenters. The highest BCUT2D eigenvalue weighted by Gasteiger charge is 2.05. The lowest BCUT2D eigenvalue weighted by Crippen LogP contribution is -1.86. The van der Waals surface area contributed by atoms with E-state index in [1.165, 1.54) is 0 Å². The second-order valence-electron chi connectivity index (χ2n) is 4.04. The molecule has 0 aliphatic rings. The zero-order chi connectivity index (χ0) is 12.4. The van der Waals surface area contributed by atoms with Crippen molar-refractivity contribution in [2.75, 3.05) is 0 Å². The van der Waals surface area contributed by atoms with Crippen LogP contribution in [0.1, 0.15) is 12.2 Å². The highest BCUT2D eigenvalue weighted by molar-refractivity contribution is 5.80. The van der Waals surface area contributed by atoms with Crippen LogP contribution in [0.3, 0.4) is 0 Å². The van der Waals surface area contributed by atoms with Gasteiger partial charge in [-0.3, -0.25) is 0 Å². The Balaban J connectivity index is 1.93. The molecule has 5 heteroatoms. The topological polar surface area (TPSA) is 81.2 Å². The molecule has 0 saturated heterocycles. The summed E-state index contributed by atoms with van der Waals surface area (Å²) in [5, 5.41) is 8.54. The summed E-state index contributed by atoms with van der Waals surface area (Å²) in [7, 11) is 0. The van der Waals surface area contributed by atoms with Crippen molar-refractivity contribution in [3.05, 3.63) is 36.5 Å². The highest BCUT2D eigenvalue weighted by atomic mass is 14.9. The number of nitrogens with zero attached hydrogens (tertiary/aromatic N) is 3. The van der Waals surface area contributed by atoms with E-state index in [4.69, 9.17) is 5.26 Å². The van der Waals surface area contributed by atoms with Crippen LogP contribution in [-0.2, 0) is 6.42 Å². The molecule has 2 aromatic heterocycles. The third-order valence-electron chi connectivity index (χ3n) is 2.83.